The molecule has 0 bridgehead atoms. The maximum absolute atomic E-state index is 11.8. The van der Waals surface area contributed by atoms with E-state index in [-0.39, 0.29) is 18.1 Å². The zero-order valence-electron chi connectivity index (χ0n) is 13.3. The van der Waals surface area contributed by atoms with Crippen molar-refractivity contribution < 1.29 is 9.53 Å². The molecule has 3 nitrogen and oxygen atoms in total. The second-order valence-corrected chi connectivity index (χ2v) is 7.48. The van der Waals surface area contributed by atoms with Crippen LogP contribution in [0, 0.1) is 11.3 Å². The van der Waals surface area contributed by atoms with Gasteiger partial charge in [-0.2, -0.15) is 0 Å². The summed E-state index contributed by atoms with van der Waals surface area (Å²) in [5, 5.41) is 3.08. The van der Waals surface area contributed by atoms with Gasteiger partial charge in [-0.25, -0.2) is 0 Å². The van der Waals surface area contributed by atoms with Gasteiger partial charge in [0.1, 0.15) is 6.61 Å². The molecule has 0 unspecified atom stereocenters. The largest absolute Gasteiger partial charge is 0.366 e. The van der Waals surface area contributed by atoms with Crippen molar-refractivity contribution in [2.45, 2.75) is 72.3 Å². The van der Waals surface area contributed by atoms with E-state index in [0.29, 0.717) is 11.3 Å². The van der Waals surface area contributed by atoms with Crippen LogP contribution in [0.15, 0.2) is 0 Å². The van der Waals surface area contributed by atoms with Gasteiger partial charge in [0.2, 0.25) is 5.91 Å². The fourth-order valence-electron chi connectivity index (χ4n) is 3.06. The molecule has 0 aliphatic heterocycles. The lowest BCUT2D eigenvalue weighted by atomic mass is 9.78. The molecule has 0 atom stereocenters. The van der Waals surface area contributed by atoms with E-state index in [4.69, 9.17) is 4.74 Å². The van der Waals surface area contributed by atoms with Gasteiger partial charge in [0.25, 0.3) is 0 Å². The predicted molar refractivity (Wildman–Crippen MR) is 79.1 cm³/mol. The first-order valence-electron chi connectivity index (χ1n) is 7.63. The first-order chi connectivity index (χ1) is 8.72. The molecule has 0 heterocycles. The topological polar surface area (TPSA) is 38.3 Å². The van der Waals surface area contributed by atoms with Crippen LogP contribution in [0.1, 0.15) is 66.7 Å². The summed E-state index contributed by atoms with van der Waals surface area (Å²) in [6.45, 7) is 11.4. The zero-order chi connectivity index (χ0) is 14.5. The van der Waals surface area contributed by atoms with E-state index in [0.717, 1.165) is 6.54 Å². The molecule has 0 radical (unpaired) electrons. The Balaban J connectivity index is 2.38. The molecule has 1 aliphatic carbocycles. The Morgan fingerprint density at radius 1 is 1.26 bits per heavy atom. The normalized spacial score (nSPS) is 18.8. The third-order valence-electron chi connectivity index (χ3n) is 3.80. The van der Waals surface area contributed by atoms with Gasteiger partial charge in [0.05, 0.1) is 5.60 Å². The minimum absolute atomic E-state index is 0.0185. The summed E-state index contributed by atoms with van der Waals surface area (Å²) in [6.07, 6.45) is 6.34. The highest BCUT2D eigenvalue weighted by molar-refractivity contribution is 5.77. The molecular formula is C16H31NO2. The van der Waals surface area contributed by atoms with Crippen molar-refractivity contribution in [2.75, 3.05) is 13.2 Å². The average molecular weight is 269 g/mol. The molecule has 0 spiro atoms. The summed E-state index contributed by atoms with van der Waals surface area (Å²) in [4.78, 5) is 11.8. The molecule has 112 valence electrons. The van der Waals surface area contributed by atoms with Crippen molar-refractivity contribution >= 4 is 5.91 Å². The van der Waals surface area contributed by atoms with Crippen LogP contribution >= 0.6 is 0 Å². The van der Waals surface area contributed by atoms with Crippen LogP contribution in [-0.4, -0.2) is 24.7 Å². The van der Waals surface area contributed by atoms with Crippen molar-refractivity contribution in [3.63, 3.8) is 0 Å². The van der Waals surface area contributed by atoms with Gasteiger partial charge in [-0.1, -0.05) is 26.7 Å². The summed E-state index contributed by atoms with van der Waals surface area (Å²) in [7, 11) is 0. The molecule has 19 heavy (non-hydrogen) atoms. The second-order valence-electron chi connectivity index (χ2n) is 7.48. The Morgan fingerprint density at radius 3 is 2.32 bits per heavy atom. The number of ether oxygens (including phenoxy) is 1. The summed E-state index contributed by atoms with van der Waals surface area (Å²) >= 11 is 0. The maximum Gasteiger partial charge on any atom is 0.246 e. The van der Waals surface area contributed by atoms with Crippen molar-refractivity contribution in [2.24, 2.45) is 11.3 Å². The Morgan fingerprint density at radius 2 is 1.84 bits per heavy atom. The lowest BCUT2D eigenvalue weighted by Crippen LogP contribution is -2.39. The summed E-state index contributed by atoms with van der Waals surface area (Å²) in [5.74, 6) is 0.714. The van der Waals surface area contributed by atoms with Crippen molar-refractivity contribution in [1.29, 1.82) is 0 Å². The first-order valence-corrected chi connectivity index (χ1v) is 7.63. The lowest BCUT2D eigenvalue weighted by Gasteiger charge is -2.31. The number of nitrogens with one attached hydrogen (secondary N) is 1. The molecule has 1 rings (SSSR count). The zero-order valence-corrected chi connectivity index (χ0v) is 13.3. The van der Waals surface area contributed by atoms with Crippen LogP contribution in [0.3, 0.4) is 0 Å². The number of rotatable bonds is 6. The van der Waals surface area contributed by atoms with Crippen LogP contribution in [0.5, 0.6) is 0 Å². The van der Waals surface area contributed by atoms with E-state index in [1.807, 2.05) is 20.8 Å². The van der Waals surface area contributed by atoms with Gasteiger partial charge in [-0.15, -0.1) is 0 Å². The van der Waals surface area contributed by atoms with Gasteiger partial charge in [-0.05, 0) is 51.4 Å². The van der Waals surface area contributed by atoms with E-state index < -0.39 is 0 Å². The number of hydrogen-bond donors (Lipinski definition) is 1. The lowest BCUT2D eigenvalue weighted by molar-refractivity contribution is -0.131. The molecule has 1 fully saturated rings. The molecule has 1 aliphatic rings. The number of carbonyl (C=O) groups is 1. The quantitative estimate of drug-likeness (QED) is 0.801. The van der Waals surface area contributed by atoms with Gasteiger partial charge in [0, 0.05) is 6.54 Å². The number of carbonyl (C=O) groups excluding carboxylic acids is 1. The van der Waals surface area contributed by atoms with E-state index >= 15 is 0 Å². The van der Waals surface area contributed by atoms with E-state index in [2.05, 4.69) is 19.2 Å². The highest BCUT2D eigenvalue weighted by Gasteiger charge is 2.34. The molecule has 1 amide bonds. The fraction of sp³-hybridized carbons (Fsp3) is 0.938. The van der Waals surface area contributed by atoms with Crippen molar-refractivity contribution in [3.05, 3.63) is 0 Å². The molecule has 1 saturated carbocycles. The van der Waals surface area contributed by atoms with Crippen LogP contribution in [-0.2, 0) is 9.53 Å². The highest BCUT2D eigenvalue weighted by atomic mass is 16.5. The minimum atomic E-state index is -0.250. The molecule has 0 saturated heterocycles. The van der Waals surface area contributed by atoms with Crippen LogP contribution in [0.2, 0.25) is 0 Å². The summed E-state index contributed by atoms with van der Waals surface area (Å²) < 4.78 is 5.51. The molecule has 0 aromatic heterocycles. The highest BCUT2D eigenvalue weighted by Crippen LogP contribution is 2.42. The van der Waals surface area contributed by atoms with Gasteiger partial charge in [0.15, 0.2) is 0 Å². The smallest absolute Gasteiger partial charge is 0.246 e. The van der Waals surface area contributed by atoms with Crippen LogP contribution in [0.4, 0.5) is 0 Å². The predicted octanol–water partition coefficient (Wildman–Crippen LogP) is 3.52. The third-order valence-corrected chi connectivity index (χ3v) is 3.80. The Labute approximate surface area is 118 Å². The van der Waals surface area contributed by atoms with Crippen molar-refractivity contribution in [3.8, 4) is 0 Å². The molecular weight excluding hydrogens is 238 g/mol. The maximum atomic E-state index is 11.8. The Kier molecular flexibility index (Phi) is 5.84. The van der Waals surface area contributed by atoms with Crippen LogP contribution in [0.25, 0.3) is 0 Å². The molecule has 1 N–H and O–H groups in total. The Hall–Kier alpha value is -0.570. The molecule has 0 aromatic rings. The molecule has 0 aromatic carbocycles. The van der Waals surface area contributed by atoms with Crippen molar-refractivity contribution in [1.82, 2.24) is 5.32 Å². The standard InChI is InChI=1S/C16H31NO2/c1-13(2)10-16(8-6-7-9-16)12-17-14(18)11-19-15(3,4)5/h13H,6-12H2,1-5H3,(H,17,18). The van der Waals surface area contributed by atoms with E-state index in [1.165, 1.54) is 32.1 Å². The van der Waals surface area contributed by atoms with Crippen LogP contribution < -0.4 is 5.32 Å². The summed E-state index contributed by atoms with van der Waals surface area (Å²) in [6, 6.07) is 0. The van der Waals surface area contributed by atoms with Gasteiger partial charge >= 0.3 is 0 Å². The van der Waals surface area contributed by atoms with E-state index in [1.54, 1.807) is 0 Å². The monoisotopic (exact) mass is 269 g/mol. The SMILES string of the molecule is CC(C)CC1(CNC(=O)COC(C)(C)C)CCCC1. The van der Waals surface area contributed by atoms with E-state index in [9.17, 15) is 4.79 Å². The van der Waals surface area contributed by atoms with Gasteiger partial charge in [-0.3, -0.25) is 4.79 Å². The number of hydrogen-bond acceptors (Lipinski definition) is 2. The Bertz CT molecular complexity index is 286. The second kappa shape index (κ2) is 6.74. The number of amides is 1. The fourth-order valence-corrected chi connectivity index (χ4v) is 3.06. The minimum Gasteiger partial charge on any atom is -0.366 e. The average Bonchev–Trinajstić information content (AvgIpc) is 2.71. The molecule has 3 heteroatoms. The summed E-state index contributed by atoms with van der Waals surface area (Å²) in [5.41, 5.74) is 0.0892. The third kappa shape index (κ3) is 6.42. The van der Waals surface area contributed by atoms with Gasteiger partial charge < -0.3 is 10.1 Å². The first kappa shape index (κ1) is 16.5.